The van der Waals surface area contributed by atoms with Gasteiger partial charge in [0.05, 0.1) is 0 Å². The molecular weight excluding hydrogens is 340 g/mol. The van der Waals surface area contributed by atoms with Crippen LogP contribution in [0.25, 0.3) is 0 Å². The molecule has 25 heavy (non-hydrogen) atoms. The SMILES string of the molecule is CNCC1CCN(C(=O)CCCNC(=O)NC2CCCCC2)CC1.Cl. The standard InChI is InChI=1S/C18H34N4O2.ClH/c1-19-14-15-9-12-22(13-10-15)17(23)8-5-11-20-18(24)21-16-6-3-2-4-7-16;/h15-16,19H,2-14H2,1H3,(H2,20,21,24);1H. The van der Waals surface area contributed by atoms with Crippen molar-refractivity contribution in [3.05, 3.63) is 0 Å². The van der Waals surface area contributed by atoms with Gasteiger partial charge in [-0.3, -0.25) is 4.79 Å². The van der Waals surface area contributed by atoms with E-state index < -0.39 is 0 Å². The molecule has 3 amide bonds. The molecule has 7 heteroatoms. The van der Waals surface area contributed by atoms with Crippen LogP contribution in [-0.2, 0) is 4.79 Å². The first-order chi connectivity index (χ1) is 11.7. The van der Waals surface area contributed by atoms with Crippen LogP contribution in [-0.4, -0.2) is 56.1 Å². The van der Waals surface area contributed by atoms with Crippen LogP contribution < -0.4 is 16.0 Å². The molecule has 0 aromatic carbocycles. The van der Waals surface area contributed by atoms with Crippen molar-refractivity contribution >= 4 is 24.3 Å². The summed E-state index contributed by atoms with van der Waals surface area (Å²) in [4.78, 5) is 26.0. The summed E-state index contributed by atoms with van der Waals surface area (Å²) in [7, 11) is 1.98. The van der Waals surface area contributed by atoms with E-state index in [2.05, 4.69) is 16.0 Å². The van der Waals surface area contributed by atoms with Crippen molar-refractivity contribution in [2.45, 2.75) is 63.8 Å². The van der Waals surface area contributed by atoms with Gasteiger partial charge >= 0.3 is 6.03 Å². The summed E-state index contributed by atoms with van der Waals surface area (Å²) in [5.74, 6) is 0.927. The van der Waals surface area contributed by atoms with Crippen molar-refractivity contribution in [1.82, 2.24) is 20.9 Å². The Hall–Kier alpha value is -1.01. The molecule has 0 atom stereocenters. The van der Waals surface area contributed by atoms with Crippen LogP contribution in [0.5, 0.6) is 0 Å². The van der Waals surface area contributed by atoms with Gasteiger partial charge in [-0.2, -0.15) is 0 Å². The Morgan fingerprint density at radius 3 is 2.36 bits per heavy atom. The van der Waals surface area contributed by atoms with Crippen LogP contribution in [0.1, 0.15) is 57.8 Å². The molecule has 1 saturated heterocycles. The van der Waals surface area contributed by atoms with Crippen molar-refractivity contribution in [2.24, 2.45) is 5.92 Å². The van der Waals surface area contributed by atoms with E-state index in [0.29, 0.717) is 31.3 Å². The lowest BCUT2D eigenvalue weighted by Crippen LogP contribution is -2.43. The average molecular weight is 375 g/mol. The lowest BCUT2D eigenvalue weighted by atomic mass is 9.96. The predicted octanol–water partition coefficient (Wildman–Crippen LogP) is 2.28. The average Bonchev–Trinajstić information content (AvgIpc) is 2.60. The summed E-state index contributed by atoms with van der Waals surface area (Å²) in [5, 5.41) is 9.13. The van der Waals surface area contributed by atoms with E-state index in [9.17, 15) is 9.59 Å². The highest BCUT2D eigenvalue weighted by Gasteiger charge is 2.22. The summed E-state index contributed by atoms with van der Waals surface area (Å²) in [6.07, 6.45) is 9.32. The van der Waals surface area contributed by atoms with Gasteiger partial charge in [0.25, 0.3) is 0 Å². The minimum Gasteiger partial charge on any atom is -0.343 e. The highest BCUT2D eigenvalue weighted by molar-refractivity contribution is 5.85. The molecule has 3 N–H and O–H groups in total. The fraction of sp³-hybridized carbons (Fsp3) is 0.889. The van der Waals surface area contributed by atoms with Gasteiger partial charge in [0.2, 0.25) is 5.91 Å². The number of nitrogens with zero attached hydrogens (tertiary/aromatic N) is 1. The van der Waals surface area contributed by atoms with E-state index in [4.69, 9.17) is 0 Å². The third kappa shape index (κ3) is 8.27. The van der Waals surface area contributed by atoms with Crippen LogP contribution in [0.3, 0.4) is 0 Å². The number of urea groups is 1. The summed E-state index contributed by atoms with van der Waals surface area (Å²) < 4.78 is 0. The molecule has 2 fully saturated rings. The van der Waals surface area contributed by atoms with Gasteiger partial charge in [0.15, 0.2) is 0 Å². The number of amides is 3. The molecule has 1 aliphatic heterocycles. The van der Waals surface area contributed by atoms with Gasteiger partial charge in [0.1, 0.15) is 0 Å². The highest BCUT2D eigenvalue weighted by Crippen LogP contribution is 2.18. The van der Waals surface area contributed by atoms with Crippen LogP contribution in [0, 0.1) is 5.92 Å². The topological polar surface area (TPSA) is 73.5 Å². The number of hydrogen-bond donors (Lipinski definition) is 3. The first-order valence-corrected chi connectivity index (χ1v) is 9.65. The summed E-state index contributed by atoms with van der Waals surface area (Å²) >= 11 is 0. The number of piperidine rings is 1. The minimum absolute atomic E-state index is 0. The monoisotopic (exact) mass is 374 g/mol. The van der Waals surface area contributed by atoms with E-state index in [0.717, 1.165) is 45.3 Å². The molecule has 0 unspecified atom stereocenters. The van der Waals surface area contributed by atoms with Crippen molar-refractivity contribution in [3.8, 4) is 0 Å². The van der Waals surface area contributed by atoms with Crippen LogP contribution in [0.2, 0.25) is 0 Å². The quantitative estimate of drug-likeness (QED) is 0.598. The van der Waals surface area contributed by atoms with E-state index in [1.165, 1.54) is 19.3 Å². The first-order valence-electron chi connectivity index (χ1n) is 9.65. The zero-order valence-corrected chi connectivity index (χ0v) is 16.3. The number of carbonyl (C=O) groups excluding carboxylic acids is 2. The number of carbonyl (C=O) groups is 2. The Morgan fingerprint density at radius 1 is 1.04 bits per heavy atom. The van der Waals surface area contributed by atoms with Gasteiger partial charge in [-0.25, -0.2) is 4.79 Å². The lowest BCUT2D eigenvalue weighted by Gasteiger charge is -2.32. The van der Waals surface area contributed by atoms with Crippen LogP contribution in [0.15, 0.2) is 0 Å². The van der Waals surface area contributed by atoms with Crippen molar-refractivity contribution in [1.29, 1.82) is 0 Å². The number of halogens is 1. The van der Waals surface area contributed by atoms with Crippen molar-refractivity contribution in [2.75, 3.05) is 33.2 Å². The molecule has 0 bridgehead atoms. The third-order valence-corrected chi connectivity index (χ3v) is 5.25. The molecule has 1 heterocycles. The second-order valence-corrected chi connectivity index (χ2v) is 7.22. The second-order valence-electron chi connectivity index (χ2n) is 7.22. The maximum Gasteiger partial charge on any atom is 0.315 e. The molecule has 0 radical (unpaired) electrons. The molecule has 0 aromatic heterocycles. The zero-order valence-electron chi connectivity index (χ0n) is 15.5. The fourth-order valence-electron chi connectivity index (χ4n) is 3.76. The molecule has 2 aliphatic rings. The Bertz CT molecular complexity index is 395. The van der Waals surface area contributed by atoms with E-state index in [1.807, 2.05) is 11.9 Å². The van der Waals surface area contributed by atoms with E-state index in [1.54, 1.807) is 0 Å². The number of nitrogens with one attached hydrogen (secondary N) is 3. The Balaban J connectivity index is 0.00000312. The first kappa shape index (κ1) is 22.0. The van der Waals surface area contributed by atoms with Gasteiger partial charge in [-0.15, -0.1) is 12.4 Å². The van der Waals surface area contributed by atoms with Crippen molar-refractivity contribution in [3.63, 3.8) is 0 Å². The Morgan fingerprint density at radius 2 is 1.72 bits per heavy atom. The molecule has 1 saturated carbocycles. The molecule has 1 aliphatic carbocycles. The van der Waals surface area contributed by atoms with Crippen LogP contribution in [0.4, 0.5) is 4.79 Å². The third-order valence-electron chi connectivity index (χ3n) is 5.25. The smallest absolute Gasteiger partial charge is 0.315 e. The zero-order chi connectivity index (χ0) is 17.2. The summed E-state index contributed by atoms with van der Waals surface area (Å²) in [5.41, 5.74) is 0. The number of hydrogen-bond acceptors (Lipinski definition) is 3. The van der Waals surface area contributed by atoms with E-state index >= 15 is 0 Å². The van der Waals surface area contributed by atoms with Gasteiger partial charge in [-0.05, 0) is 51.6 Å². The van der Waals surface area contributed by atoms with Gasteiger partial charge < -0.3 is 20.9 Å². The van der Waals surface area contributed by atoms with Crippen molar-refractivity contribution < 1.29 is 9.59 Å². The van der Waals surface area contributed by atoms with Gasteiger partial charge in [0, 0.05) is 32.1 Å². The maximum absolute atomic E-state index is 12.2. The Labute approximate surface area is 158 Å². The molecule has 2 rings (SSSR count). The maximum atomic E-state index is 12.2. The molecular formula is C18H35ClN4O2. The lowest BCUT2D eigenvalue weighted by molar-refractivity contribution is -0.132. The number of likely N-dealkylation sites (tertiary alicyclic amines) is 1. The predicted molar refractivity (Wildman–Crippen MR) is 103 cm³/mol. The highest BCUT2D eigenvalue weighted by atomic mass is 35.5. The Kier molecular flexibility index (Phi) is 10.9. The van der Waals surface area contributed by atoms with E-state index in [-0.39, 0.29) is 24.3 Å². The summed E-state index contributed by atoms with van der Waals surface area (Å²) in [6, 6.07) is 0.251. The second kappa shape index (κ2) is 12.4. The largest absolute Gasteiger partial charge is 0.343 e. The molecule has 146 valence electrons. The molecule has 0 spiro atoms. The fourth-order valence-corrected chi connectivity index (χ4v) is 3.76. The molecule has 6 nitrogen and oxygen atoms in total. The minimum atomic E-state index is -0.0813. The summed E-state index contributed by atoms with van der Waals surface area (Å²) in [6.45, 7) is 3.37. The normalized spacial score (nSPS) is 19.2. The van der Waals surface area contributed by atoms with Crippen LogP contribution >= 0.6 is 12.4 Å². The number of rotatable bonds is 7. The molecule has 0 aromatic rings. The van der Waals surface area contributed by atoms with Gasteiger partial charge in [-0.1, -0.05) is 19.3 Å².